The maximum Gasteiger partial charge on any atom is 0.246 e. The molecule has 4 aliphatic heterocycles. The highest BCUT2D eigenvalue weighted by molar-refractivity contribution is 5.97. The molecule has 110 valence electrons. The predicted octanol–water partition coefficient (Wildman–Crippen LogP) is 0.445. The number of hydrogen-bond donors (Lipinski definition) is 0. The molecular formula is C15H23N3O2. The first-order valence-electron chi connectivity index (χ1n) is 8.05. The molecule has 0 bridgehead atoms. The summed E-state index contributed by atoms with van der Waals surface area (Å²) in [7, 11) is 0. The molecule has 0 aromatic carbocycles. The van der Waals surface area contributed by atoms with E-state index >= 15 is 0 Å². The zero-order chi connectivity index (χ0) is 13.9. The minimum atomic E-state index is -0.262. The molecule has 0 radical (unpaired) electrons. The van der Waals surface area contributed by atoms with Crippen molar-refractivity contribution in [1.82, 2.24) is 14.7 Å². The van der Waals surface area contributed by atoms with Crippen LogP contribution in [0, 0.1) is 0 Å². The molecule has 0 N–H and O–H groups in total. The molecule has 4 aliphatic rings. The third kappa shape index (κ3) is 1.59. The summed E-state index contributed by atoms with van der Waals surface area (Å²) in [4.78, 5) is 31.7. The fourth-order valence-electron chi connectivity index (χ4n) is 4.84. The molecule has 4 unspecified atom stereocenters. The van der Waals surface area contributed by atoms with Crippen LogP contribution in [0.4, 0.5) is 0 Å². The van der Waals surface area contributed by atoms with Gasteiger partial charge in [-0.3, -0.25) is 14.5 Å². The molecule has 4 heterocycles. The van der Waals surface area contributed by atoms with Gasteiger partial charge in [-0.2, -0.15) is 0 Å². The Kier molecular flexibility index (Phi) is 2.81. The summed E-state index contributed by atoms with van der Waals surface area (Å²) in [6.07, 6.45) is 5.30. The Balaban J connectivity index is 1.63. The Labute approximate surface area is 119 Å². The van der Waals surface area contributed by atoms with Crippen molar-refractivity contribution in [2.24, 2.45) is 0 Å². The molecule has 2 amide bonds. The Hall–Kier alpha value is -1.10. The lowest BCUT2D eigenvalue weighted by atomic mass is 9.98. The van der Waals surface area contributed by atoms with E-state index in [4.69, 9.17) is 0 Å². The number of piperazine rings is 1. The third-order valence-electron chi connectivity index (χ3n) is 5.78. The van der Waals surface area contributed by atoms with Gasteiger partial charge in [0, 0.05) is 25.2 Å². The van der Waals surface area contributed by atoms with E-state index in [1.165, 1.54) is 19.4 Å². The fourth-order valence-corrected chi connectivity index (χ4v) is 4.84. The van der Waals surface area contributed by atoms with Crippen molar-refractivity contribution >= 4 is 11.8 Å². The van der Waals surface area contributed by atoms with Gasteiger partial charge in [0.2, 0.25) is 11.8 Å². The first kappa shape index (κ1) is 12.6. The molecule has 4 rings (SSSR count). The van der Waals surface area contributed by atoms with E-state index in [-0.39, 0.29) is 29.9 Å². The van der Waals surface area contributed by atoms with E-state index in [1.807, 2.05) is 16.7 Å². The average Bonchev–Trinajstić information content (AvgIpc) is 3.13. The van der Waals surface area contributed by atoms with Crippen LogP contribution in [0.15, 0.2) is 0 Å². The second-order valence-electron chi connectivity index (χ2n) is 6.71. The first-order chi connectivity index (χ1) is 9.68. The van der Waals surface area contributed by atoms with Gasteiger partial charge in [-0.15, -0.1) is 0 Å². The number of nitrogens with zero attached hydrogens (tertiary/aromatic N) is 3. The van der Waals surface area contributed by atoms with E-state index < -0.39 is 0 Å². The number of fused-ring (bicyclic) bond motifs is 2. The molecule has 0 aromatic rings. The minimum absolute atomic E-state index is 0.158. The van der Waals surface area contributed by atoms with Gasteiger partial charge in [0.15, 0.2) is 0 Å². The molecule has 0 aliphatic carbocycles. The van der Waals surface area contributed by atoms with E-state index in [1.54, 1.807) is 0 Å². The van der Waals surface area contributed by atoms with Crippen molar-refractivity contribution in [2.45, 2.75) is 63.2 Å². The Morgan fingerprint density at radius 3 is 2.55 bits per heavy atom. The van der Waals surface area contributed by atoms with Crippen LogP contribution in [0.3, 0.4) is 0 Å². The molecular weight excluding hydrogens is 254 g/mol. The van der Waals surface area contributed by atoms with Crippen LogP contribution >= 0.6 is 0 Å². The van der Waals surface area contributed by atoms with Gasteiger partial charge in [0.1, 0.15) is 12.1 Å². The van der Waals surface area contributed by atoms with Gasteiger partial charge in [0.05, 0.1) is 0 Å². The maximum atomic E-state index is 12.9. The van der Waals surface area contributed by atoms with E-state index in [0.717, 1.165) is 32.4 Å². The standard InChI is InChI=1S/C15H23N3O2/c1-10-14(19)17-8-3-5-13(17)15(20)18(10)12-6-9-16-7-2-4-11(12)16/h10-13H,2-9H2,1H3. The number of hydrogen-bond acceptors (Lipinski definition) is 3. The van der Waals surface area contributed by atoms with Crippen molar-refractivity contribution in [3.8, 4) is 0 Å². The van der Waals surface area contributed by atoms with Crippen molar-refractivity contribution in [2.75, 3.05) is 19.6 Å². The molecule has 4 saturated heterocycles. The average molecular weight is 277 g/mol. The van der Waals surface area contributed by atoms with Crippen LogP contribution in [-0.2, 0) is 9.59 Å². The summed E-state index contributed by atoms with van der Waals surface area (Å²) in [5.41, 5.74) is 0. The van der Waals surface area contributed by atoms with E-state index in [9.17, 15) is 9.59 Å². The highest BCUT2D eigenvalue weighted by atomic mass is 16.2. The maximum absolute atomic E-state index is 12.9. The Morgan fingerprint density at radius 1 is 0.900 bits per heavy atom. The van der Waals surface area contributed by atoms with Gasteiger partial charge in [-0.25, -0.2) is 0 Å². The predicted molar refractivity (Wildman–Crippen MR) is 74.0 cm³/mol. The Bertz CT molecular complexity index is 452. The molecule has 20 heavy (non-hydrogen) atoms. The first-order valence-corrected chi connectivity index (χ1v) is 8.05. The van der Waals surface area contributed by atoms with E-state index in [2.05, 4.69) is 4.90 Å². The summed E-state index contributed by atoms with van der Waals surface area (Å²) in [6.45, 7) is 4.95. The summed E-state index contributed by atoms with van der Waals surface area (Å²) >= 11 is 0. The Morgan fingerprint density at radius 2 is 1.70 bits per heavy atom. The lowest BCUT2D eigenvalue weighted by molar-refractivity contribution is -0.161. The normalized spacial score (nSPS) is 41.5. The zero-order valence-electron chi connectivity index (χ0n) is 12.1. The van der Waals surface area contributed by atoms with E-state index in [0.29, 0.717) is 6.04 Å². The second-order valence-corrected chi connectivity index (χ2v) is 6.71. The lowest BCUT2D eigenvalue weighted by Gasteiger charge is -2.45. The number of amides is 2. The highest BCUT2D eigenvalue weighted by Gasteiger charge is 2.51. The van der Waals surface area contributed by atoms with Crippen LogP contribution in [0.25, 0.3) is 0 Å². The van der Waals surface area contributed by atoms with Crippen molar-refractivity contribution in [3.63, 3.8) is 0 Å². The van der Waals surface area contributed by atoms with Gasteiger partial charge in [-0.1, -0.05) is 0 Å². The topological polar surface area (TPSA) is 43.9 Å². The largest absolute Gasteiger partial charge is 0.329 e. The molecule has 0 saturated carbocycles. The summed E-state index contributed by atoms with van der Waals surface area (Å²) < 4.78 is 0. The second kappa shape index (κ2) is 4.45. The van der Waals surface area contributed by atoms with Crippen LogP contribution < -0.4 is 0 Å². The van der Waals surface area contributed by atoms with Gasteiger partial charge >= 0.3 is 0 Å². The van der Waals surface area contributed by atoms with Gasteiger partial charge in [-0.05, 0) is 45.6 Å². The van der Waals surface area contributed by atoms with Crippen LogP contribution in [-0.4, -0.2) is 70.3 Å². The monoisotopic (exact) mass is 277 g/mol. The molecule has 4 fully saturated rings. The molecule has 0 spiro atoms. The lowest BCUT2D eigenvalue weighted by Crippen LogP contribution is -2.65. The quantitative estimate of drug-likeness (QED) is 0.699. The third-order valence-corrected chi connectivity index (χ3v) is 5.78. The number of rotatable bonds is 1. The van der Waals surface area contributed by atoms with Crippen LogP contribution in [0.2, 0.25) is 0 Å². The van der Waals surface area contributed by atoms with Gasteiger partial charge < -0.3 is 9.80 Å². The fraction of sp³-hybridized carbons (Fsp3) is 0.867. The summed E-state index contributed by atoms with van der Waals surface area (Å²) in [5.74, 6) is 0.386. The SMILES string of the molecule is CC1C(=O)N2CCCC2C(=O)N1C1CCN2CCCC12. The smallest absolute Gasteiger partial charge is 0.246 e. The van der Waals surface area contributed by atoms with Crippen LogP contribution in [0.1, 0.15) is 39.0 Å². The summed E-state index contributed by atoms with van der Waals surface area (Å²) in [6, 6.07) is 0.352. The molecule has 5 heteroatoms. The molecule has 0 aromatic heterocycles. The number of carbonyl (C=O) groups excluding carboxylic acids is 2. The highest BCUT2D eigenvalue weighted by Crippen LogP contribution is 2.36. The summed E-state index contributed by atoms with van der Waals surface area (Å²) in [5, 5.41) is 0. The van der Waals surface area contributed by atoms with Crippen molar-refractivity contribution in [1.29, 1.82) is 0 Å². The zero-order valence-corrected chi connectivity index (χ0v) is 12.1. The molecule has 4 atom stereocenters. The minimum Gasteiger partial charge on any atom is -0.329 e. The van der Waals surface area contributed by atoms with Crippen molar-refractivity contribution in [3.05, 3.63) is 0 Å². The van der Waals surface area contributed by atoms with Crippen molar-refractivity contribution < 1.29 is 9.59 Å². The van der Waals surface area contributed by atoms with Crippen LogP contribution in [0.5, 0.6) is 0 Å². The van der Waals surface area contributed by atoms with Gasteiger partial charge in [0.25, 0.3) is 0 Å². The molecule has 5 nitrogen and oxygen atoms in total. The number of carbonyl (C=O) groups is 2.